The molecule has 1 fully saturated rings. The van der Waals surface area contributed by atoms with E-state index in [2.05, 4.69) is 34.3 Å². The highest BCUT2D eigenvalue weighted by molar-refractivity contribution is 5.49. The zero-order chi connectivity index (χ0) is 12.3. The molecule has 1 rings (SSSR count). The van der Waals surface area contributed by atoms with Gasteiger partial charge in [0.25, 0.3) is 0 Å². The molecule has 1 aliphatic heterocycles. The van der Waals surface area contributed by atoms with Gasteiger partial charge < -0.3 is 9.53 Å². The van der Waals surface area contributed by atoms with E-state index in [-0.39, 0.29) is 17.6 Å². The molecule has 0 saturated carbocycles. The Kier molecular flexibility index (Phi) is 4.31. The summed E-state index contributed by atoms with van der Waals surface area (Å²) in [4.78, 5) is 10.4. The minimum Gasteiger partial charge on any atom is -0.370 e. The van der Waals surface area contributed by atoms with Crippen LogP contribution in [0.3, 0.4) is 0 Å². The minimum atomic E-state index is 0.0885. The number of aldehydes is 1. The first-order valence-electron chi connectivity index (χ1n) is 6.14. The van der Waals surface area contributed by atoms with Crippen molar-refractivity contribution in [1.82, 2.24) is 0 Å². The summed E-state index contributed by atoms with van der Waals surface area (Å²) in [6.45, 7) is 12.9. The first kappa shape index (κ1) is 13.4. The van der Waals surface area contributed by atoms with Gasteiger partial charge in [-0.3, -0.25) is 0 Å². The van der Waals surface area contributed by atoms with Crippen molar-refractivity contribution in [2.24, 2.45) is 11.3 Å². The van der Waals surface area contributed by atoms with Gasteiger partial charge >= 0.3 is 0 Å². The molecule has 0 bridgehead atoms. The molecule has 1 heterocycles. The molecule has 0 aliphatic carbocycles. The molecule has 92 valence electrons. The Hall–Kier alpha value is -0.630. The van der Waals surface area contributed by atoms with Crippen molar-refractivity contribution in [3.05, 3.63) is 12.2 Å². The Morgan fingerprint density at radius 2 is 2.12 bits per heavy atom. The maximum Gasteiger partial charge on any atom is 0.120 e. The number of ether oxygens (including phenoxy) is 1. The van der Waals surface area contributed by atoms with Crippen LogP contribution in [0.4, 0.5) is 0 Å². The lowest BCUT2D eigenvalue weighted by molar-refractivity contribution is -0.110. The van der Waals surface area contributed by atoms with Crippen molar-refractivity contribution in [2.75, 3.05) is 0 Å². The van der Waals surface area contributed by atoms with Crippen LogP contribution in [0.1, 0.15) is 47.0 Å². The van der Waals surface area contributed by atoms with Crippen LogP contribution in [0.5, 0.6) is 0 Å². The largest absolute Gasteiger partial charge is 0.370 e. The standard InChI is InChI=1S/C14H24O2/c1-10-9-12(7-6-8-15)16-13(11(10)2)14(3,4)5/h8,10,12-13H,2,6-7,9H2,1,3-5H3/t10?,12-,13-/m0/s1. The van der Waals surface area contributed by atoms with E-state index in [0.717, 1.165) is 19.1 Å². The van der Waals surface area contributed by atoms with Crippen LogP contribution < -0.4 is 0 Å². The minimum absolute atomic E-state index is 0.0885. The van der Waals surface area contributed by atoms with Gasteiger partial charge in [-0.1, -0.05) is 34.3 Å². The van der Waals surface area contributed by atoms with Gasteiger partial charge in [0, 0.05) is 6.42 Å². The van der Waals surface area contributed by atoms with E-state index in [0.29, 0.717) is 12.3 Å². The zero-order valence-corrected chi connectivity index (χ0v) is 11.0. The summed E-state index contributed by atoms with van der Waals surface area (Å²) < 4.78 is 6.08. The van der Waals surface area contributed by atoms with Gasteiger partial charge in [-0.2, -0.15) is 0 Å². The van der Waals surface area contributed by atoms with E-state index >= 15 is 0 Å². The van der Waals surface area contributed by atoms with Gasteiger partial charge in [0.15, 0.2) is 0 Å². The monoisotopic (exact) mass is 224 g/mol. The lowest BCUT2D eigenvalue weighted by atomic mass is 9.77. The number of rotatable bonds is 3. The number of hydrogen-bond donors (Lipinski definition) is 0. The van der Waals surface area contributed by atoms with E-state index in [4.69, 9.17) is 4.74 Å². The Bertz CT molecular complexity index is 262. The van der Waals surface area contributed by atoms with Crippen LogP contribution in [-0.4, -0.2) is 18.5 Å². The highest BCUT2D eigenvalue weighted by Crippen LogP contribution is 2.38. The van der Waals surface area contributed by atoms with E-state index in [1.165, 1.54) is 5.57 Å². The lowest BCUT2D eigenvalue weighted by Gasteiger charge is -2.42. The maximum absolute atomic E-state index is 10.4. The van der Waals surface area contributed by atoms with Gasteiger partial charge in [0.05, 0.1) is 12.2 Å². The molecular formula is C14H24O2. The van der Waals surface area contributed by atoms with Gasteiger partial charge in [-0.25, -0.2) is 0 Å². The van der Waals surface area contributed by atoms with Crippen LogP contribution >= 0.6 is 0 Å². The van der Waals surface area contributed by atoms with Gasteiger partial charge in [-0.15, -0.1) is 0 Å². The average Bonchev–Trinajstić information content (AvgIpc) is 2.17. The van der Waals surface area contributed by atoms with Crippen molar-refractivity contribution in [1.29, 1.82) is 0 Å². The average molecular weight is 224 g/mol. The predicted octanol–water partition coefficient (Wildman–Crippen LogP) is 3.36. The molecule has 0 aromatic heterocycles. The summed E-state index contributed by atoms with van der Waals surface area (Å²) in [6.07, 6.45) is 3.75. The zero-order valence-electron chi connectivity index (χ0n) is 11.0. The fourth-order valence-electron chi connectivity index (χ4n) is 2.34. The third-order valence-corrected chi connectivity index (χ3v) is 3.31. The van der Waals surface area contributed by atoms with Crippen molar-refractivity contribution < 1.29 is 9.53 Å². The van der Waals surface area contributed by atoms with E-state index in [9.17, 15) is 4.79 Å². The second-order valence-corrected chi connectivity index (χ2v) is 5.96. The van der Waals surface area contributed by atoms with Crippen LogP contribution in [0.2, 0.25) is 0 Å². The molecule has 2 nitrogen and oxygen atoms in total. The molecule has 0 N–H and O–H groups in total. The Balaban J connectivity index is 2.69. The smallest absolute Gasteiger partial charge is 0.120 e. The topological polar surface area (TPSA) is 26.3 Å². The SMILES string of the molecule is C=C1C(C)C[C@H](CCC=O)O[C@@H]1C(C)(C)C. The highest BCUT2D eigenvalue weighted by Gasteiger charge is 2.36. The molecule has 0 aromatic carbocycles. The molecule has 1 unspecified atom stereocenters. The summed E-state index contributed by atoms with van der Waals surface area (Å²) in [5, 5.41) is 0. The number of carbonyl (C=O) groups is 1. The van der Waals surface area contributed by atoms with Crippen molar-refractivity contribution in [3.8, 4) is 0 Å². The quantitative estimate of drug-likeness (QED) is 0.543. The summed E-state index contributed by atoms with van der Waals surface area (Å²) >= 11 is 0. The predicted molar refractivity (Wildman–Crippen MR) is 66.3 cm³/mol. The lowest BCUT2D eigenvalue weighted by Crippen LogP contribution is -2.41. The molecule has 3 atom stereocenters. The molecule has 0 aromatic rings. The summed E-state index contributed by atoms with van der Waals surface area (Å²) in [6, 6.07) is 0. The van der Waals surface area contributed by atoms with Crippen molar-refractivity contribution in [2.45, 2.75) is 59.2 Å². The Labute approximate surface area is 99.1 Å². The summed E-state index contributed by atoms with van der Waals surface area (Å²) in [5.41, 5.74) is 1.29. The van der Waals surface area contributed by atoms with Crippen molar-refractivity contribution in [3.63, 3.8) is 0 Å². The molecular weight excluding hydrogens is 200 g/mol. The van der Waals surface area contributed by atoms with Crippen LogP contribution in [0.25, 0.3) is 0 Å². The third kappa shape index (κ3) is 3.18. The number of carbonyl (C=O) groups excluding carboxylic acids is 1. The Morgan fingerprint density at radius 3 is 2.62 bits per heavy atom. The van der Waals surface area contributed by atoms with Gasteiger partial charge in [0.2, 0.25) is 0 Å². The van der Waals surface area contributed by atoms with Gasteiger partial charge in [-0.05, 0) is 29.7 Å². The molecule has 1 saturated heterocycles. The Morgan fingerprint density at radius 1 is 1.50 bits per heavy atom. The van der Waals surface area contributed by atoms with E-state index in [1.807, 2.05) is 0 Å². The van der Waals surface area contributed by atoms with Crippen LogP contribution in [0, 0.1) is 11.3 Å². The summed E-state index contributed by atoms with van der Waals surface area (Å²) in [5.74, 6) is 0.495. The number of hydrogen-bond acceptors (Lipinski definition) is 2. The second kappa shape index (κ2) is 5.13. The first-order valence-corrected chi connectivity index (χ1v) is 6.14. The van der Waals surface area contributed by atoms with E-state index in [1.54, 1.807) is 0 Å². The molecule has 0 radical (unpaired) electrons. The van der Waals surface area contributed by atoms with Gasteiger partial charge in [0.1, 0.15) is 6.29 Å². The molecule has 0 spiro atoms. The normalized spacial score (nSPS) is 31.5. The second-order valence-electron chi connectivity index (χ2n) is 5.96. The maximum atomic E-state index is 10.4. The fraction of sp³-hybridized carbons (Fsp3) is 0.786. The molecule has 0 amide bonds. The third-order valence-electron chi connectivity index (χ3n) is 3.31. The van der Waals surface area contributed by atoms with Crippen LogP contribution in [-0.2, 0) is 9.53 Å². The highest BCUT2D eigenvalue weighted by atomic mass is 16.5. The molecule has 16 heavy (non-hydrogen) atoms. The van der Waals surface area contributed by atoms with Crippen molar-refractivity contribution >= 4 is 6.29 Å². The molecule has 2 heteroatoms. The summed E-state index contributed by atoms with van der Waals surface area (Å²) in [7, 11) is 0. The first-order chi connectivity index (χ1) is 7.36. The fourth-order valence-corrected chi connectivity index (χ4v) is 2.34. The van der Waals surface area contributed by atoms with E-state index < -0.39 is 0 Å². The molecule has 1 aliphatic rings. The van der Waals surface area contributed by atoms with Crippen LogP contribution in [0.15, 0.2) is 12.2 Å².